The van der Waals surface area contributed by atoms with Crippen LogP contribution in [0.4, 0.5) is 20.6 Å². The molecule has 1 heterocycles. The standard InChI is InChI=1S/C25H31FN4O4/c1-25(2,3)34-24(33)28-18(14-16-10-6-7-11-17(16)26)22(31)27-19-15-29(4)20-12-8-9-13-21(20)30(5)23(19)32/h6-13,18-19H,14-15H2,1-5H3,(H,27,31)(H,28,33). The van der Waals surface area contributed by atoms with Crippen LogP contribution in [0.1, 0.15) is 26.3 Å². The number of hydrogen-bond acceptors (Lipinski definition) is 5. The van der Waals surface area contributed by atoms with Gasteiger partial charge in [0.1, 0.15) is 23.5 Å². The van der Waals surface area contributed by atoms with Crippen molar-refractivity contribution in [3.63, 3.8) is 0 Å². The lowest BCUT2D eigenvalue weighted by Gasteiger charge is -2.26. The lowest BCUT2D eigenvalue weighted by atomic mass is 10.0. The number of hydrogen-bond donors (Lipinski definition) is 2. The molecule has 0 spiro atoms. The molecule has 0 saturated carbocycles. The monoisotopic (exact) mass is 470 g/mol. The van der Waals surface area contributed by atoms with Crippen molar-refractivity contribution < 1.29 is 23.5 Å². The van der Waals surface area contributed by atoms with E-state index in [0.717, 1.165) is 11.4 Å². The lowest BCUT2D eigenvalue weighted by Crippen LogP contribution is -2.57. The molecule has 0 aliphatic carbocycles. The number of para-hydroxylation sites is 2. The summed E-state index contributed by atoms with van der Waals surface area (Å²) in [6, 6.07) is 11.4. The molecular formula is C25H31FN4O4. The molecule has 34 heavy (non-hydrogen) atoms. The summed E-state index contributed by atoms with van der Waals surface area (Å²) < 4.78 is 19.6. The van der Waals surface area contributed by atoms with Crippen molar-refractivity contribution in [2.24, 2.45) is 0 Å². The van der Waals surface area contributed by atoms with E-state index in [1.807, 2.05) is 36.2 Å². The number of nitrogens with one attached hydrogen (secondary N) is 2. The van der Waals surface area contributed by atoms with E-state index in [-0.39, 0.29) is 24.4 Å². The van der Waals surface area contributed by atoms with Crippen molar-refractivity contribution in [2.45, 2.75) is 44.9 Å². The fraction of sp³-hybridized carbons (Fsp3) is 0.400. The number of halogens is 1. The number of fused-ring (bicyclic) bond motifs is 1. The Balaban J connectivity index is 1.82. The molecule has 8 nitrogen and oxygen atoms in total. The Hall–Kier alpha value is -3.62. The number of carbonyl (C=O) groups is 3. The van der Waals surface area contributed by atoms with Gasteiger partial charge in [-0.15, -0.1) is 0 Å². The van der Waals surface area contributed by atoms with Crippen LogP contribution in [0.25, 0.3) is 0 Å². The minimum atomic E-state index is -1.15. The average molecular weight is 471 g/mol. The summed E-state index contributed by atoms with van der Waals surface area (Å²) in [4.78, 5) is 42.2. The third-order valence-electron chi connectivity index (χ3n) is 5.45. The zero-order chi connectivity index (χ0) is 25.0. The number of benzene rings is 2. The smallest absolute Gasteiger partial charge is 0.408 e. The van der Waals surface area contributed by atoms with Crippen molar-refractivity contribution in [2.75, 3.05) is 30.4 Å². The van der Waals surface area contributed by atoms with Crippen LogP contribution < -0.4 is 20.4 Å². The van der Waals surface area contributed by atoms with E-state index in [0.29, 0.717) is 0 Å². The minimum absolute atomic E-state index is 0.107. The van der Waals surface area contributed by atoms with Crippen molar-refractivity contribution >= 4 is 29.3 Å². The largest absolute Gasteiger partial charge is 0.444 e. The Morgan fingerprint density at radius 1 is 1.09 bits per heavy atom. The van der Waals surface area contributed by atoms with Gasteiger partial charge in [-0.05, 0) is 44.5 Å². The number of rotatable bonds is 5. The maximum atomic E-state index is 14.3. The first-order valence-electron chi connectivity index (χ1n) is 11.1. The third kappa shape index (κ3) is 6.03. The Morgan fingerprint density at radius 3 is 2.35 bits per heavy atom. The van der Waals surface area contributed by atoms with E-state index in [2.05, 4.69) is 10.6 Å². The van der Waals surface area contributed by atoms with E-state index in [4.69, 9.17) is 4.74 Å². The average Bonchev–Trinajstić information content (AvgIpc) is 2.84. The van der Waals surface area contributed by atoms with Crippen LogP contribution >= 0.6 is 0 Å². The summed E-state index contributed by atoms with van der Waals surface area (Å²) in [5.74, 6) is -1.40. The van der Waals surface area contributed by atoms with E-state index in [9.17, 15) is 18.8 Å². The highest BCUT2D eigenvalue weighted by atomic mass is 19.1. The molecule has 9 heteroatoms. The molecule has 0 radical (unpaired) electrons. The zero-order valence-electron chi connectivity index (χ0n) is 20.1. The van der Waals surface area contributed by atoms with Gasteiger partial charge in [0.05, 0.1) is 11.4 Å². The minimum Gasteiger partial charge on any atom is -0.444 e. The van der Waals surface area contributed by atoms with Crippen LogP contribution in [-0.2, 0) is 20.7 Å². The van der Waals surface area contributed by atoms with E-state index in [1.54, 1.807) is 46.0 Å². The second-order valence-electron chi connectivity index (χ2n) is 9.32. The van der Waals surface area contributed by atoms with Crippen LogP contribution in [0, 0.1) is 5.82 Å². The van der Waals surface area contributed by atoms with E-state index < -0.39 is 35.5 Å². The van der Waals surface area contributed by atoms with Gasteiger partial charge in [0.25, 0.3) is 5.91 Å². The number of nitrogens with zero attached hydrogens (tertiary/aromatic N) is 2. The third-order valence-corrected chi connectivity index (χ3v) is 5.45. The van der Waals surface area contributed by atoms with Crippen molar-refractivity contribution in [1.82, 2.24) is 10.6 Å². The van der Waals surface area contributed by atoms with Gasteiger partial charge >= 0.3 is 6.09 Å². The SMILES string of the molecule is CN1CC(NC(=O)C(Cc2ccccc2F)NC(=O)OC(C)(C)C)C(=O)N(C)c2ccccc21. The molecule has 182 valence electrons. The molecule has 0 saturated heterocycles. The van der Waals surface area contributed by atoms with Crippen molar-refractivity contribution in [3.05, 3.63) is 59.9 Å². The summed E-state index contributed by atoms with van der Waals surface area (Å²) in [6.45, 7) is 5.33. The van der Waals surface area contributed by atoms with Crippen LogP contribution in [0.2, 0.25) is 0 Å². The van der Waals surface area contributed by atoms with Gasteiger partial charge < -0.3 is 25.2 Å². The summed E-state index contributed by atoms with van der Waals surface area (Å²) in [5, 5.41) is 5.28. The molecule has 0 fully saturated rings. The molecule has 2 aromatic carbocycles. The summed E-state index contributed by atoms with van der Waals surface area (Å²) in [5.41, 5.74) is 1.05. The van der Waals surface area contributed by atoms with Crippen LogP contribution in [0.5, 0.6) is 0 Å². The van der Waals surface area contributed by atoms with Crippen molar-refractivity contribution in [1.29, 1.82) is 0 Å². The van der Waals surface area contributed by atoms with Crippen LogP contribution in [-0.4, -0.2) is 56.2 Å². The molecule has 1 aliphatic heterocycles. The predicted octanol–water partition coefficient (Wildman–Crippen LogP) is 2.86. The van der Waals surface area contributed by atoms with Gasteiger partial charge in [-0.2, -0.15) is 0 Å². The first kappa shape index (κ1) is 25.0. The van der Waals surface area contributed by atoms with Gasteiger partial charge in [0, 0.05) is 27.1 Å². The Labute approximate surface area is 199 Å². The Kier molecular flexibility index (Phi) is 7.44. The molecule has 3 rings (SSSR count). The highest BCUT2D eigenvalue weighted by Gasteiger charge is 2.34. The van der Waals surface area contributed by atoms with Crippen LogP contribution in [0.3, 0.4) is 0 Å². The van der Waals surface area contributed by atoms with Gasteiger partial charge in [-0.3, -0.25) is 9.59 Å². The highest BCUT2D eigenvalue weighted by Crippen LogP contribution is 2.30. The van der Waals surface area contributed by atoms with E-state index in [1.165, 1.54) is 11.0 Å². The maximum Gasteiger partial charge on any atom is 0.408 e. The predicted molar refractivity (Wildman–Crippen MR) is 128 cm³/mol. The Bertz CT molecular complexity index is 1070. The van der Waals surface area contributed by atoms with Gasteiger partial charge in [0.15, 0.2) is 0 Å². The first-order valence-corrected chi connectivity index (χ1v) is 11.1. The van der Waals surface area contributed by atoms with E-state index >= 15 is 0 Å². The number of anilines is 2. The quantitative estimate of drug-likeness (QED) is 0.701. The molecule has 2 atom stereocenters. The van der Waals surface area contributed by atoms with Gasteiger partial charge in [-0.25, -0.2) is 9.18 Å². The Morgan fingerprint density at radius 2 is 1.71 bits per heavy atom. The summed E-state index contributed by atoms with van der Waals surface area (Å²) in [6.07, 6.45) is -0.914. The molecule has 2 N–H and O–H groups in total. The van der Waals surface area contributed by atoms with Crippen molar-refractivity contribution in [3.8, 4) is 0 Å². The highest BCUT2D eigenvalue weighted by molar-refractivity contribution is 6.03. The molecule has 0 aromatic heterocycles. The number of likely N-dealkylation sites (N-methyl/N-ethyl adjacent to an activating group) is 2. The molecular weight excluding hydrogens is 439 g/mol. The fourth-order valence-electron chi connectivity index (χ4n) is 3.80. The topological polar surface area (TPSA) is 91.0 Å². The molecule has 2 unspecified atom stereocenters. The second kappa shape index (κ2) is 10.1. The summed E-state index contributed by atoms with van der Waals surface area (Å²) >= 11 is 0. The van der Waals surface area contributed by atoms with Gasteiger partial charge in [0.2, 0.25) is 5.91 Å². The molecule has 2 aromatic rings. The number of carbonyl (C=O) groups excluding carboxylic acids is 3. The number of ether oxygens (including phenoxy) is 1. The molecule has 1 aliphatic rings. The van der Waals surface area contributed by atoms with Gasteiger partial charge in [-0.1, -0.05) is 30.3 Å². The summed E-state index contributed by atoms with van der Waals surface area (Å²) in [7, 11) is 3.48. The number of alkyl carbamates (subject to hydrolysis) is 1. The maximum absolute atomic E-state index is 14.3. The first-order chi connectivity index (χ1) is 16.0. The number of amides is 3. The zero-order valence-corrected chi connectivity index (χ0v) is 20.1. The molecule has 0 bridgehead atoms. The normalized spacial score (nSPS) is 16.9. The van der Waals surface area contributed by atoms with Crippen LogP contribution in [0.15, 0.2) is 48.5 Å². The second-order valence-corrected chi connectivity index (χ2v) is 9.32. The fourth-order valence-corrected chi connectivity index (χ4v) is 3.80. The molecule has 3 amide bonds. The lowest BCUT2D eigenvalue weighted by molar-refractivity contribution is -0.128.